The summed E-state index contributed by atoms with van der Waals surface area (Å²) in [6.07, 6.45) is -3.61. The van der Waals surface area contributed by atoms with Crippen LogP contribution in [0.1, 0.15) is 53.3 Å². The van der Waals surface area contributed by atoms with E-state index in [1.807, 2.05) is 6.26 Å². The third-order valence-electron chi connectivity index (χ3n) is 6.76. The summed E-state index contributed by atoms with van der Waals surface area (Å²) in [7, 11) is 0. The normalized spacial score (nSPS) is 25.6. The molecule has 2 fully saturated rings. The zero-order valence-electron chi connectivity index (χ0n) is 24.1. The SMILES string of the molecule is CCOC(=O)[C@H]1[C@H]2[C@@H]1[C@](NC(=O)[C@H](CCSC)NC(=O)OC(C)(C)C)(C(=O)OCC)C[C@H]2Sc1nnc(C(F)(F)F)[nH]1. The molecule has 0 aliphatic heterocycles. The number of carbonyl (C=O) groups excluding carboxylic acids is 4. The Morgan fingerprint density at radius 2 is 1.79 bits per heavy atom. The van der Waals surface area contributed by atoms with Gasteiger partial charge in [-0.25, -0.2) is 9.59 Å². The van der Waals surface area contributed by atoms with Crippen LogP contribution in [0, 0.1) is 17.8 Å². The summed E-state index contributed by atoms with van der Waals surface area (Å²) in [5.74, 6) is -5.00. The minimum atomic E-state index is -4.74. The van der Waals surface area contributed by atoms with Crippen molar-refractivity contribution < 1.29 is 46.6 Å². The van der Waals surface area contributed by atoms with Gasteiger partial charge in [-0.3, -0.25) is 9.59 Å². The average Bonchev–Trinajstić information content (AvgIpc) is 3.30. The van der Waals surface area contributed by atoms with E-state index in [1.54, 1.807) is 34.6 Å². The predicted molar refractivity (Wildman–Crippen MR) is 146 cm³/mol. The molecule has 6 atom stereocenters. The first-order chi connectivity index (χ1) is 19.6. The molecule has 3 N–H and O–H groups in total. The third-order valence-corrected chi connectivity index (χ3v) is 8.59. The average molecular weight is 640 g/mol. The molecule has 2 amide bonds. The highest BCUT2D eigenvalue weighted by molar-refractivity contribution is 7.99. The van der Waals surface area contributed by atoms with E-state index in [4.69, 9.17) is 14.2 Å². The van der Waals surface area contributed by atoms with Gasteiger partial charge in [0.2, 0.25) is 11.7 Å². The Kier molecular flexibility index (Phi) is 10.7. The molecule has 1 heterocycles. The zero-order chi connectivity index (χ0) is 31.5. The Morgan fingerprint density at radius 3 is 2.33 bits per heavy atom. The van der Waals surface area contributed by atoms with Gasteiger partial charge in [-0.2, -0.15) is 24.9 Å². The molecule has 12 nitrogen and oxygen atoms in total. The Labute approximate surface area is 249 Å². The van der Waals surface area contributed by atoms with Crippen LogP contribution < -0.4 is 10.6 Å². The van der Waals surface area contributed by atoms with Gasteiger partial charge in [0.05, 0.1) is 19.1 Å². The third kappa shape index (κ3) is 7.82. The number of nitrogens with zero attached hydrogens (tertiary/aromatic N) is 2. The van der Waals surface area contributed by atoms with Crippen molar-refractivity contribution in [1.82, 2.24) is 25.8 Å². The van der Waals surface area contributed by atoms with E-state index in [2.05, 4.69) is 25.8 Å². The minimum Gasteiger partial charge on any atom is -0.466 e. The first-order valence-electron chi connectivity index (χ1n) is 13.4. The van der Waals surface area contributed by atoms with Crippen molar-refractivity contribution in [2.24, 2.45) is 17.8 Å². The number of aromatic amines is 1. The molecular weight excluding hydrogens is 603 g/mol. The highest BCUT2D eigenvalue weighted by Crippen LogP contribution is 2.66. The lowest BCUT2D eigenvalue weighted by atomic mass is 9.89. The number of carbonyl (C=O) groups is 4. The molecule has 2 saturated carbocycles. The van der Waals surface area contributed by atoms with Crippen LogP contribution in [-0.2, 0) is 34.8 Å². The monoisotopic (exact) mass is 639 g/mol. The van der Waals surface area contributed by atoms with E-state index in [0.29, 0.717) is 5.75 Å². The van der Waals surface area contributed by atoms with Crippen molar-refractivity contribution in [2.75, 3.05) is 25.2 Å². The predicted octanol–water partition coefficient (Wildman–Crippen LogP) is 3.18. The molecule has 2 aliphatic carbocycles. The van der Waals surface area contributed by atoms with Gasteiger partial charge in [-0.1, -0.05) is 11.8 Å². The van der Waals surface area contributed by atoms with Crippen molar-refractivity contribution in [1.29, 1.82) is 0 Å². The molecule has 17 heteroatoms. The van der Waals surface area contributed by atoms with Crippen LogP contribution in [0.5, 0.6) is 0 Å². The van der Waals surface area contributed by atoms with Crippen LogP contribution in [0.25, 0.3) is 0 Å². The minimum absolute atomic E-state index is 0.0289. The van der Waals surface area contributed by atoms with Gasteiger partial charge in [0.25, 0.3) is 0 Å². The first kappa shape index (κ1) is 33.8. The summed E-state index contributed by atoms with van der Waals surface area (Å²) in [5, 5.41) is 11.3. The van der Waals surface area contributed by atoms with Crippen LogP contribution in [0.2, 0.25) is 0 Å². The molecule has 0 saturated heterocycles. The van der Waals surface area contributed by atoms with Gasteiger partial charge in [-0.15, -0.1) is 10.2 Å². The number of thioether (sulfide) groups is 2. The highest BCUT2D eigenvalue weighted by atomic mass is 32.2. The number of halogens is 3. The lowest BCUT2D eigenvalue weighted by Gasteiger charge is -2.33. The fraction of sp³-hybridized carbons (Fsp3) is 0.760. The quantitative estimate of drug-likeness (QED) is 0.228. The molecule has 0 spiro atoms. The van der Waals surface area contributed by atoms with Crippen LogP contribution in [-0.4, -0.2) is 86.8 Å². The van der Waals surface area contributed by atoms with E-state index in [1.165, 1.54) is 11.8 Å². The van der Waals surface area contributed by atoms with Crippen molar-refractivity contribution in [3.63, 3.8) is 0 Å². The van der Waals surface area contributed by atoms with Gasteiger partial charge in [-0.05, 0) is 65.4 Å². The fourth-order valence-electron chi connectivity index (χ4n) is 5.18. The molecular formula is C25H36F3N5O7S2. The van der Waals surface area contributed by atoms with Crippen LogP contribution in [0.15, 0.2) is 5.16 Å². The number of rotatable bonds is 12. The van der Waals surface area contributed by atoms with E-state index in [-0.39, 0.29) is 31.2 Å². The maximum Gasteiger partial charge on any atom is 0.451 e. The number of fused-ring (bicyclic) bond motifs is 1. The molecule has 3 rings (SSSR count). The summed E-state index contributed by atoms with van der Waals surface area (Å²) in [4.78, 5) is 54.8. The molecule has 0 radical (unpaired) electrons. The van der Waals surface area contributed by atoms with Crippen molar-refractivity contribution in [3.05, 3.63) is 5.82 Å². The molecule has 0 aromatic carbocycles. The number of alkyl carbamates (subject to hydrolysis) is 1. The molecule has 1 aromatic heterocycles. The number of esters is 2. The summed E-state index contributed by atoms with van der Waals surface area (Å²) >= 11 is 2.34. The van der Waals surface area contributed by atoms with Crippen LogP contribution in [0.4, 0.5) is 18.0 Å². The number of ether oxygens (including phenoxy) is 3. The van der Waals surface area contributed by atoms with Gasteiger partial charge >= 0.3 is 24.2 Å². The molecule has 2 aliphatic rings. The summed E-state index contributed by atoms with van der Waals surface area (Å²) in [5.41, 5.74) is -2.54. The molecule has 1 aromatic rings. The first-order valence-corrected chi connectivity index (χ1v) is 15.7. The van der Waals surface area contributed by atoms with Gasteiger partial charge in [0.1, 0.15) is 17.2 Å². The second-order valence-electron chi connectivity index (χ2n) is 10.9. The summed E-state index contributed by atoms with van der Waals surface area (Å²) in [6, 6.07) is -1.09. The largest absolute Gasteiger partial charge is 0.466 e. The number of hydrogen-bond donors (Lipinski definition) is 3. The van der Waals surface area contributed by atoms with Gasteiger partial charge in [0, 0.05) is 11.2 Å². The number of amides is 2. The van der Waals surface area contributed by atoms with E-state index < -0.39 is 76.1 Å². The number of hydrogen-bond acceptors (Lipinski definition) is 11. The lowest BCUT2D eigenvalue weighted by Crippen LogP contribution is -2.61. The Morgan fingerprint density at radius 1 is 1.12 bits per heavy atom. The standard InChI is InChI=1S/C25H36F3N5O7S2/c1-7-38-18(35)15-14-13(42-21-30-19(32-33-21)25(26,27)28)11-24(16(14)15,20(36)39-8-2)31-17(34)12(9-10-41-6)29-22(37)40-23(3,4)5/h12-16H,7-11H2,1-6H3,(H,29,37)(H,31,34)(H,30,32,33)/t12-,13+,14-,15-,16-,24-/m0/s1. The Hall–Kier alpha value is -2.69. The van der Waals surface area contributed by atoms with Gasteiger partial charge < -0.3 is 29.8 Å². The maximum atomic E-state index is 13.7. The highest BCUT2D eigenvalue weighted by Gasteiger charge is 2.76. The smallest absolute Gasteiger partial charge is 0.451 e. The molecule has 42 heavy (non-hydrogen) atoms. The molecule has 0 bridgehead atoms. The lowest BCUT2D eigenvalue weighted by molar-refractivity contribution is -0.156. The van der Waals surface area contributed by atoms with E-state index in [9.17, 15) is 32.3 Å². The fourth-order valence-corrected chi connectivity index (χ4v) is 7.02. The number of alkyl halides is 3. The zero-order valence-corrected chi connectivity index (χ0v) is 25.8. The summed E-state index contributed by atoms with van der Waals surface area (Å²) < 4.78 is 55.2. The summed E-state index contributed by atoms with van der Waals surface area (Å²) in [6.45, 7) is 8.26. The van der Waals surface area contributed by atoms with Crippen LogP contribution in [0.3, 0.4) is 0 Å². The van der Waals surface area contributed by atoms with Crippen molar-refractivity contribution >= 4 is 47.5 Å². The Balaban J connectivity index is 1.94. The second-order valence-corrected chi connectivity index (χ2v) is 13.1. The van der Waals surface area contributed by atoms with E-state index in [0.717, 1.165) is 11.8 Å². The molecule has 0 unspecified atom stereocenters. The number of aromatic nitrogens is 3. The Bertz CT molecular complexity index is 1160. The van der Waals surface area contributed by atoms with Crippen molar-refractivity contribution in [2.45, 2.75) is 81.2 Å². The second kappa shape index (κ2) is 13.3. The number of H-pyrrole nitrogens is 1. The topological polar surface area (TPSA) is 162 Å². The van der Waals surface area contributed by atoms with Gasteiger partial charge in [0.15, 0.2) is 5.16 Å². The van der Waals surface area contributed by atoms with Crippen molar-refractivity contribution in [3.8, 4) is 0 Å². The van der Waals surface area contributed by atoms with E-state index >= 15 is 0 Å². The number of nitrogens with one attached hydrogen (secondary N) is 3. The maximum absolute atomic E-state index is 13.7. The van der Waals surface area contributed by atoms with Crippen LogP contribution >= 0.6 is 23.5 Å². The molecule has 236 valence electrons.